The molecule has 0 saturated heterocycles. The second kappa shape index (κ2) is 8.25. The Morgan fingerprint density at radius 1 is 0.848 bits per heavy atom. The van der Waals surface area contributed by atoms with Crippen LogP contribution in [0.5, 0.6) is 5.75 Å². The Kier molecular flexibility index (Phi) is 5.12. The van der Waals surface area contributed by atoms with Crippen molar-refractivity contribution in [2.75, 3.05) is 7.11 Å². The Balaban J connectivity index is 1.69. The van der Waals surface area contributed by atoms with Gasteiger partial charge in [0.05, 0.1) is 29.8 Å². The van der Waals surface area contributed by atoms with Crippen molar-refractivity contribution >= 4 is 33.5 Å². The van der Waals surface area contributed by atoms with Crippen molar-refractivity contribution in [2.24, 2.45) is 0 Å². The van der Waals surface area contributed by atoms with Gasteiger partial charge >= 0.3 is 0 Å². The molecule has 4 aromatic carbocycles. The van der Waals surface area contributed by atoms with E-state index in [1.54, 1.807) is 13.2 Å². The number of nitriles is 1. The fourth-order valence-electron chi connectivity index (χ4n) is 4.15. The summed E-state index contributed by atoms with van der Waals surface area (Å²) in [6.07, 6.45) is 1.65. The Morgan fingerprint density at radius 2 is 1.55 bits per heavy atom. The van der Waals surface area contributed by atoms with Gasteiger partial charge in [0.15, 0.2) is 0 Å². The highest BCUT2D eigenvalue weighted by molar-refractivity contribution is 6.10. The first kappa shape index (κ1) is 20.5. The van der Waals surface area contributed by atoms with Crippen molar-refractivity contribution in [3.05, 3.63) is 108 Å². The number of hydrogen-bond donors (Lipinski definition) is 0. The Bertz CT molecular complexity index is 1550. The minimum absolute atomic E-state index is 0.187. The number of allylic oxidation sites excluding steroid dienone is 1. The highest BCUT2D eigenvalue weighted by atomic mass is 19.1. The summed E-state index contributed by atoms with van der Waals surface area (Å²) in [7, 11) is 1.64. The zero-order valence-electron chi connectivity index (χ0n) is 17.7. The van der Waals surface area contributed by atoms with E-state index in [9.17, 15) is 14.0 Å². The van der Waals surface area contributed by atoms with Gasteiger partial charge in [-0.15, -0.1) is 0 Å². The standard InChI is InChI=1S/C28H18F2N2O/c1-33-24-9-7-23(8-10-24)32-27-5-3-2-4-25(27)26-13-18(6-11-28(26)32)12-20(17-31)19-14-21(29)16-22(30)15-19/h2-16H,1H3/b20-12+. The van der Waals surface area contributed by atoms with Gasteiger partial charge < -0.3 is 9.30 Å². The molecule has 5 rings (SSSR count). The first-order chi connectivity index (χ1) is 16.1. The molecule has 0 unspecified atom stereocenters. The van der Waals surface area contributed by atoms with E-state index in [1.807, 2.05) is 54.6 Å². The van der Waals surface area contributed by atoms with Gasteiger partial charge in [-0.1, -0.05) is 24.3 Å². The molecule has 0 amide bonds. The Labute approximate surface area is 189 Å². The van der Waals surface area contributed by atoms with Crippen LogP contribution in [0.25, 0.3) is 39.1 Å². The number of ether oxygens (including phenoxy) is 1. The zero-order valence-corrected chi connectivity index (χ0v) is 17.7. The lowest BCUT2D eigenvalue weighted by Gasteiger charge is -2.09. The van der Waals surface area contributed by atoms with Crippen molar-refractivity contribution in [3.63, 3.8) is 0 Å². The first-order valence-electron chi connectivity index (χ1n) is 10.3. The minimum atomic E-state index is -0.718. The van der Waals surface area contributed by atoms with Crippen molar-refractivity contribution in [2.45, 2.75) is 0 Å². The average molecular weight is 436 g/mol. The summed E-state index contributed by atoms with van der Waals surface area (Å²) in [6.45, 7) is 0. The lowest BCUT2D eigenvalue weighted by molar-refractivity contribution is 0.415. The number of rotatable bonds is 4. The topological polar surface area (TPSA) is 38.0 Å². The molecular weight excluding hydrogens is 418 g/mol. The number of aromatic nitrogens is 1. The van der Waals surface area contributed by atoms with Crippen LogP contribution in [0.1, 0.15) is 11.1 Å². The maximum Gasteiger partial charge on any atom is 0.126 e. The minimum Gasteiger partial charge on any atom is -0.497 e. The summed E-state index contributed by atoms with van der Waals surface area (Å²) in [5.74, 6) is -0.655. The Hall–Kier alpha value is -4.43. The van der Waals surface area contributed by atoms with E-state index in [2.05, 4.69) is 22.8 Å². The van der Waals surface area contributed by atoms with Gasteiger partial charge in [0.2, 0.25) is 0 Å². The predicted molar refractivity (Wildman–Crippen MR) is 127 cm³/mol. The van der Waals surface area contributed by atoms with Crippen LogP contribution in [-0.2, 0) is 0 Å². The molecule has 0 radical (unpaired) electrons. The van der Waals surface area contributed by atoms with Crippen LogP contribution in [0.15, 0.2) is 84.9 Å². The third-order valence-corrected chi connectivity index (χ3v) is 5.63. The van der Waals surface area contributed by atoms with Gasteiger partial charge in [-0.3, -0.25) is 0 Å². The van der Waals surface area contributed by atoms with Gasteiger partial charge in [-0.2, -0.15) is 5.26 Å². The van der Waals surface area contributed by atoms with Crippen LogP contribution in [-0.4, -0.2) is 11.7 Å². The highest BCUT2D eigenvalue weighted by Gasteiger charge is 2.13. The summed E-state index contributed by atoms with van der Waals surface area (Å²) in [6, 6.07) is 27.0. The van der Waals surface area contributed by atoms with Crippen LogP contribution >= 0.6 is 0 Å². The van der Waals surface area contributed by atoms with E-state index in [1.165, 1.54) is 0 Å². The molecule has 3 nitrogen and oxygen atoms in total. The van der Waals surface area contributed by atoms with Crippen molar-refractivity contribution in [1.82, 2.24) is 4.57 Å². The van der Waals surface area contributed by atoms with E-state index in [0.29, 0.717) is 0 Å². The number of para-hydroxylation sites is 1. The fraction of sp³-hybridized carbons (Fsp3) is 0.0357. The van der Waals surface area contributed by atoms with Crippen molar-refractivity contribution in [1.29, 1.82) is 5.26 Å². The number of methoxy groups -OCH3 is 1. The molecule has 0 aliphatic rings. The Morgan fingerprint density at radius 3 is 2.24 bits per heavy atom. The summed E-state index contributed by atoms with van der Waals surface area (Å²) < 4.78 is 34.8. The second-order valence-electron chi connectivity index (χ2n) is 7.66. The molecule has 5 aromatic rings. The van der Waals surface area contributed by atoms with Gasteiger partial charge in [-0.05, 0) is 71.8 Å². The molecule has 0 aliphatic heterocycles. The van der Waals surface area contributed by atoms with E-state index in [4.69, 9.17) is 4.74 Å². The van der Waals surface area contributed by atoms with E-state index < -0.39 is 11.6 Å². The molecule has 33 heavy (non-hydrogen) atoms. The third kappa shape index (κ3) is 3.72. The van der Waals surface area contributed by atoms with E-state index in [0.717, 1.165) is 57.0 Å². The lowest BCUT2D eigenvalue weighted by Crippen LogP contribution is -1.94. The molecule has 0 atom stereocenters. The molecule has 5 heteroatoms. The van der Waals surface area contributed by atoms with Gasteiger partial charge in [0.25, 0.3) is 0 Å². The van der Waals surface area contributed by atoms with Crippen LogP contribution in [0, 0.1) is 23.0 Å². The summed E-state index contributed by atoms with van der Waals surface area (Å²) in [4.78, 5) is 0. The largest absolute Gasteiger partial charge is 0.497 e. The fourth-order valence-corrected chi connectivity index (χ4v) is 4.15. The normalized spacial score (nSPS) is 11.6. The summed E-state index contributed by atoms with van der Waals surface area (Å²) in [5.41, 5.74) is 4.21. The van der Waals surface area contributed by atoms with Crippen LogP contribution < -0.4 is 4.74 Å². The van der Waals surface area contributed by atoms with E-state index in [-0.39, 0.29) is 11.1 Å². The molecule has 160 valence electrons. The predicted octanol–water partition coefficient (Wildman–Crippen LogP) is 7.13. The second-order valence-corrected chi connectivity index (χ2v) is 7.66. The number of halogens is 2. The number of fused-ring (bicyclic) bond motifs is 3. The van der Waals surface area contributed by atoms with Crippen LogP contribution in [0.2, 0.25) is 0 Å². The van der Waals surface area contributed by atoms with Crippen LogP contribution in [0.4, 0.5) is 8.78 Å². The molecule has 0 bridgehead atoms. The molecular formula is C28H18F2N2O. The molecule has 0 spiro atoms. The quantitative estimate of drug-likeness (QED) is 0.222. The van der Waals surface area contributed by atoms with E-state index >= 15 is 0 Å². The maximum absolute atomic E-state index is 13.7. The number of hydrogen-bond acceptors (Lipinski definition) is 2. The van der Waals surface area contributed by atoms with Crippen molar-refractivity contribution in [3.8, 4) is 17.5 Å². The highest BCUT2D eigenvalue weighted by Crippen LogP contribution is 2.34. The number of benzene rings is 4. The maximum atomic E-state index is 13.7. The summed E-state index contributed by atoms with van der Waals surface area (Å²) >= 11 is 0. The van der Waals surface area contributed by atoms with Gasteiger partial charge in [0.1, 0.15) is 17.4 Å². The molecule has 1 heterocycles. The monoisotopic (exact) mass is 436 g/mol. The van der Waals surface area contributed by atoms with Crippen LogP contribution in [0.3, 0.4) is 0 Å². The van der Waals surface area contributed by atoms with Gasteiger partial charge in [0, 0.05) is 22.5 Å². The third-order valence-electron chi connectivity index (χ3n) is 5.63. The SMILES string of the molecule is COc1ccc(-n2c3ccccc3c3cc(/C=C(\C#N)c4cc(F)cc(F)c4)ccc32)cc1. The van der Waals surface area contributed by atoms with Crippen molar-refractivity contribution < 1.29 is 13.5 Å². The summed E-state index contributed by atoms with van der Waals surface area (Å²) in [5, 5.41) is 11.7. The molecule has 0 fully saturated rings. The molecule has 1 aromatic heterocycles. The first-order valence-corrected chi connectivity index (χ1v) is 10.3. The zero-order chi connectivity index (χ0) is 22.9. The van der Waals surface area contributed by atoms with Gasteiger partial charge in [-0.25, -0.2) is 8.78 Å². The number of nitrogens with zero attached hydrogens (tertiary/aromatic N) is 2. The molecule has 0 aliphatic carbocycles. The molecule has 0 N–H and O–H groups in total. The molecule has 0 saturated carbocycles. The lowest BCUT2D eigenvalue weighted by atomic mass is 10.0. The smallest absolute Gasteiger partial charge is 0.126 e. The average Bonchev–Trinajstić information content (AvgIpc) is 3.15.